The first kappa shape index (κ1) is 32.2. The molecule has 2 aliphatic rings. The van der Waals surface area contributed by atoms with Crippen LogP contribution in [0, 0.1) is 5.82 Å². The van der Waals surface area contributed by atoms with Gasteiger partial charge in [-0.25, -0.2) is 17.6 Å². The van der Waals surface area contributed by atoms with E-state index in [0.717, 1.165) is 31.4 Å². The molecular formula is C30H34F4N4O4S. The van der Waals surface area contributed by atoms with Crippen LogP contribution in [-0.4, -0.2) is 61.1 Å². The molecule has 0 bridgehead atoms. The normalized spacial score (nSPS) is 18.0. The van der Waals surface area contributed by atoms with Gasteiger partial charge in [-0.1, -0.05) is 37.3 Å². The van der Waals surface area contributed by atoms with Crippen molar-refractivity contribution >= 4 is 27.4 Å². The molecule has 0 unspecified atom stereocenters. The lowest BCUT2D eigenvalue weighted by atomic mass is 9.75. The fourth-order valence-electron chi connectivity index (χ4n) is 5.51. The number of piperidine rings is 2. The second kappa shape index (κ2) is 12.9. The molecule has 1 aromatic heterocycles. The predicted molar refractivity (Wildman–Crippen MR) is 155 cm³/mol. The monoisotopic (exact) mass is 622 g/mol. The van der Waals surface area contributed by atoms with Crippen LogP contribution in [0.15, 0.2) is 71.8 Å². The SMILES string of the molecule is CC1(c2ccccc2)CCN(S(=O)(=O)c2ccc(N3CCC(c4cc(N)ccn4)CC3)c(F)c2)CC1.O=C(O)C(F)(F)F. The number of halogens is 4. The Hall–Kier alpha value is -3.71. The molecule has 43 heavy (non-hydrogen) atoms. The summed E-state index contributed by atoms with van der Waals surface area (Å²) in [6.45, 7) is 4.38. The van der Waals surface area contributed by atoms with E-state index < -0.39 is 28.0 Å². The zero-order valence-corrected chi connectivity index (χ0v) is 24.4. The number of rotatable bonds is 5. The van der Waals surface area contributed by atoms with Crippen molar-refractivity contribution in [1.29, 1.82) is 0 Å². The highest BCUT2D eigenvalue weighted by Gasteiger charge is 2.38. The summed E-state index contributed by atoms with van der Waals surface area (Å²) < 4.78 is 75.1. The molecule has 3 N–H and O–H groups in total. The third-order valence-corrected chi connectivity index (χ3v) is 10.0. The van der Waals surface area contributed by atoms with Gasteiger partial charge in [0.1, 0.15) is 5.82 Å². The molecule has 3 heterocycles. The summed E-state index contributed by atoms with van der Waals surface area (Å²) in [6, 6.07) is 18.3. The summed E-state index contributed by atoms with van der Waals surface area (Å²) >= 11 is 0. The molecule has 3 aromatic rings. The van der Waals surface area contributed by atoms with Gasteiger partial charge in [-0.15, -0.1) is 0 Å². The van der Waals surface area contributed by atoms with Crippen LogP contribution in [0.3, 0.4) is 0 Å². The quantitative estimate of drug-likeness (QED) is 0.358. The summed E-state index contributed by atoms with van der Waals surface area (Å²) in [5, 5.41) is 7.12. The minimum atomic E-state index is -5.08. The molecule has 0 amide bonds. The molecule has 2 aliphatic heterocycles. The van der Waals surface area contributed by atoms with Crippen molar-refractivity contribution in [3.8, 4) is 0 Å². The van der Waals surface area contributed by atoms with Crippen LogP contribution in [0.25, 0.3) is 0 Å². The molecule has 0 aliphatic carbocycles. The Kier molecular flexibility index (Phi) is 9.65. The van der Waals surface area contributed by atoms with E-state index in [4.69, 9.17) is 15.6 Å². The van der Waals surface area contributed by atoms with Crippen molar-refractivity contribution in [3.63, 3.8) is 0 Å². The molecule has 0 atom stereocenters. The average molecular weight is 623 g/mol. The summed E-state index contributed by atoms with van der Waals surface area (Å²) in [7, 11) is -3.76. The summed E-state index contributed by atoms with van der Waals surface area (Å²) in [5.41, 5.74) is 9.18. The number of alkyl halides is 3. The van der Waals surface area contributed by atoms with Gasteiger partial charge in [0, 0.05) is 49.7 Å². The lowest BCUT2D eigenvalue weighted by Gasteiger charge is -2.39. The maximum Gasteiger partial charge on any atom is 0.490 e. The van der Waals surface area contributed by atoms with Crippen molar-refractivity contribution in [2.75, 3.05) is 36.8 Å². The van der Waals surface area contributed by atoms with Crippen LogP contribution in [0.1, 0.15) is 49.8 Å². The third kappa shape index (κ3) is 7.63. The Morgan fingerprint density at radius 2 is 1.60 bits per heavy atom. The average Bonchev–Trinajstić information content (AvgIpc) is 2.98. The maximum atomic E-state index is 15.2. The first-order chi connectivity index (χ1) is 20.2. The number of carboxylic acid groups (broad SMARTS) is 1. The van der Waals surface area contributed by atoms with E-state index in [-0.39, 0.29) is 16.2 Å². The van der Waals surface area contributed by atoms with E-state index in [2.05, 4.69) is 24.0 Å². The molecule has 2 aromatic carbocycles. The molecule has 13 heteroatoms. The van der Waals surface area contributed by atoms with Gasteiger partial charge < -0.3 is 15.7 Å². The molecular weight excluding hydrogens is 588 g/mol. The van der Waals surface area contributed by atoms with Crippen LogP contribution in [0.5, 0.6) is 0 Å². The molecule has 2 fully saturated rings. The molecule has 0 spiro atoms. The minimum Gasteiger partial charge on any atom is -0.475 e. The highest BCUT2D eigenvalue weighted by atomic mass is 32.2. The standard InChI is InChI=1S/C28H33FN4O2S.C2HF3O2/c1-28(22-5-3-2-4-6-22)12-17-33(18-13-28)36(34,35)24-7-8-27(25(29)20-24)32-15-10-21(11-16-32)26-19-23(30)9-14-31-26;3-2(4,5)1(6)7/h2-9,14,19-21H,10-13,15-18H2,1H3,(H2,30,31);(H,6,7). The van der Waals surface area contributed by atoms with Crippen molar-refractivity contribution in [1.82, 2.24) is 9.29 Å². The van der Waals surface area contributed by atoms with E-state index in [0.29, 0.717) is 37.6 Å². The van der Waals surface area contributed by atoms with Crippen LogP contribution in [0.2, 0.25) is 0 Å². The number of nitrogens with two attached hydrogens (primary N) is 1. The molecule has 0 radical (unpaired) electrons. The largest absolute Gasteiger partial charge is 0.490 e. The zero-order valence-electron chi connectivity index (χ0n) is 23.6. The Balaban J connectivity index is 0.000000541. The Morgan fingerprint density at radius 1 is 1.00 bits per heavy atom. The lowest BCUT2D eigenvalue weighted by molar-refractivity contribution is -0.192. The number of aliphatic carboxylic acids is 1. The van der Waals surface area contributed by atoms with Gasteiger partial charge in [-0.2, -0.15) is 17.5 Å². The third-order valence-electron chi connectivity index (χ3n) is 8.16. The number of carboxylic acids is 1. The number of sulfonamides is 1. The molecule has 5 rings (SSSR count). The van der Waals surface area contributed by atoms with Gasteiger partial charge in [0.15, 0.2) is 0 Å². The van der Waals surface area contributed by atoms with Gasteiger partial charge in [-0.05, 0) is 67.0 Å². The zero-order chi connectivity index (χ0) is 31.4. The van der Waals surface area contributed by atoms with Crippen LogP contribution in [-0.2, 0) is 20.2 Å². The minimum absolute atomic E-state index is 0.0194. The summed E-state index contributed by atoms with van der Waals surface area (Å²) in [6.07, 6.45) is -0.227. The molecule has 232 valence electrons. The fourth-order valence-corrected chi connectivity index (χ4v) is 6.96. The number of aromatic nitrogens is 1. The molecule has 0 saturated carbocycles. The van der Waals surface area contributed by atoms with E-state index >= 15 is 4.39 Å². The maximum absolute atomic E-state index is 15.2. The van der Waals surface area contributed by atoms with E-state index in [1.807, 2.05) is 29.2 Å². The van der Waals surface area contributed by atoms with Gasteiger partial charge in [0.2, 0.25) is 10.0 Å². The number of hydrogen-bond donors (Lipinski definition) is 2. The molecule has 2 saturated heterocycles. The van der Waals surface area contributed by atoms with Gasteiger partial charge in [0.05, 0.1) is 10.6 Å². The van der Waals surface area contributed by atoms with E-state index in [9.17, 15) is 21.6 Å². The smallest absolute Gasteiger partial charge is 0.475 e. The van der Waals surface area contributed by atoms with Crippen molar-refractivity contribution in [2.45, 2.75) is 55.0 Å². The predicted octanol–water partition coefficient (Wildman–Crippen LogP) is 5.56. The van der Waals surface area contributed by atoms with E-state index in [1.165, 1.54) is 15.9 Å². The number of anilines is 2. The van der Waals surface area contributed by atoms with Gasteiger partial charge in [0.25, 0.3) is 0 Å². The van der Waals surface area contributed by atoms with Crippen molar-refractivity contribution in [2.24, 2.45) is 0 Å². The van der Waals surface area contributed by atoms with Gasteiger partial charge in [-0.3, -0.25) is 4.98 Å². The van der Waals surface area contributed by atoms with Crippen molar-refractivity contribution < 1.29 is 35.9 Å². The van der Waals surface area contributed by atoms with Crippen LogP contribution >= 0.6 is 0 Å². The highest BCUT2D eigenvalue weighted by Crippen LogP contribution is 2.37. The summed E-state index contributed by atoms with van der Waals surface area (Å²) in [5.74, 6) is -2.97. The number of nitrogens with zero attached hydrogens (tertiary/aromatic N) is 3. The Morgan fingerprint density at radius 3 is 2.14 bits per heavy atom. The first-order valence-electron chi connectivity index (χ1n) is 13.8. The highest BCUT2D eigenvalue weighted by molar-refractivity contribution is 7.89. The van der Waals surface area contributed by atoms with Crippen molar-refractivity contribution in [3.05, 3.63) is 83.9 Å². The van der Waals surface area contributed by atoms with Gasteiger partial charge >= 0.3 is 12.1 Å². The number of benzene rings is 2. The van der Waals surface area contributed by atoms with E-state index in [1.54, 1.807) is 24.4 Å². The van der Waals surface area contributed by atoms with Crippen LogP contribution in [0.4, 0.5) is 28.9 Å². The number of pyridine rings is 1. The first-order valence-corrected chi connectivity index (χ1v) is 15.3. The topological polar surface area (TPSA) is 117 Å². The molecule has 8 nitrogen and oxygen atoms in total. The number of nitrogen functional groups attached to an aromatic ring is 1. The Labute approximate surface area is 248 Å². The fraction of sp³-hybridized carbons (Fsp3) is 0.400. The number of hydrogen-bond acceptors (Lipinski definition) is 6. The Bertz CT molecular complexity index is 1520. The number of carbonyl (C=O) groups is 1. The second-order valence-electron chi connectivity index (χ2n) is 11.0. The summed E-state index contributed by atoms with van der Waals surface area (Å²) in [4.78, 5) is 15.3. The lowest BCUT2D eigenvalue weighted by Crippen LogP contribution is -2.43. The van der Waals surface area contributed by atoms with Crippen LogP contribution < -0.4 is 10.6 Å². The second-order valence-corrected chi connectivity index (χ2v) is 13.0.